The van der Waals surface area contributed by atoms with Crippen LogP contribution in [0.25, 0.3) is 11.4 Å². The van der Waals surface area contributed by atoms with Crippen molar-refractivity contribution in [2.45, 2.75) is 33.2 Å². The Hall–Kier alpha value is -1.53. The van der Waals surface area contributed by atoms with Gasteiger partial charge in [0.05, 0.1) is 5.69 Å². The fourth-order valence-corrected chi connectivity index (χ4v) is 2.30. The zero-order chi connectivity index (χ0) is 16.3. The minimum absolute atomic E-state index is 0.0717. The highest BCUT2D eigenvalue weighted by Crippen LogP contribution is 2.35. The van der Waals surface area contributed by atoms with E-state index in [0.717, 1.165) is 11.0 Å². The fraction of sp³-hybridized carbons (Fsp3) is 0.400. The molecule has 7 heteroatoms. The Morgan fingerprint density at radius 2 is 1.86 bits per heavy atom. The first-order chi connectivity index (χ1) is 10.3. The second kappa shape index (κ2) is 6.71. The number of nitrogens with zero attached hydrogens (tertiary/aromatic N) is 2. The molecule has 0 radical (unpaired) electrons. The second-order valence-corrected chi connectivity index (χ2v) is 5.28. The molecule has 1 heterocycles. The summed E-state index contributed by atoms with van der Waals surface area (Å²) in [7, 11) is 0. The van der Waals surface area contributed by atoms with Crippen LogP contribution in [-0.4, -0.2) is 16.2 Å². The predicted octanol–water partition coefficient (Wildman–Crippen LogP) is 4.91. The second-order valence-electron chi connectivity index (χ2n) is 4.84. The third-order valence-corrected chi connectivity index (χ3v) is 3.33. The van der Waals surface area contributed by atoms with Gasteiger partial charge in [-0.2, -0.15) is 13.2 Å². The molecular weight excluding hydrogens is 317 g/mol. The summed E-state index contributed by atoms with van der Waals surface area (Å²) in [4.78, 5) is 4.08. The Labute approximate surface area is 131 Å². The quantitative estimate of drug-likeness (QED) is 0.727. The van der Waals surface area contributed by atoms with E-state index in [-0.39, 0.29) is 18.2 Å². The Morgan fingerprint density at radius 3 is 2.41 bits per heavy atom. The fourth-order valence-electron chi connectivity index (χ4n) is 2.18. The molecule has 22 heavy (non-hydrogen) atoms. The number of hydrogen-bond acceptors (Lipinski definition) is 2. The number of aromatic nitrogens is 2. The minimum atomic E-state index is -4.49. The largest absolute Gasteiger partial charge is 0.433 e. The maximum absolute atomic E-state index is 13.3. The number of halogens is 4. The lowest BCUT2D eigenvalue weighted by Crippen LogP contribution is -2.17. The van der Waals surface area contributed by atoms with E-state index in [0.29, 0.717) is 17.2 Å². The predicted molar refractivity (Wildman–Crippen MR) is 78.7 cm³/mol. The number of aryl methyl sites for hydroxylation is 1. The van der Waals surface area contributed by atoms with Crippen LogP contribution >= 0.6 is 11.6 Å². The Morgan fingerprint density at radius 1 is 1.23 bits per heavy atom. The first-order valence-corrected chi connectivity index (χ1v) is 7.20. The lowest BCUT2D eigenvalue weighted by molar-refractivity contribution is -0.146. The van der Waals surface area contributed by atoms with E-state index in [4.69, 9.17) is 16.3 Å². The van der Waals surface area contributed by atoms with Crippen LogP contribution in [0.3, 0.4) is 0 Å². The van der Waals surface area contributed by atoms with Crippen molar-refractivity contribution in [3.63, 3.8) is 0 Å². The average Bonchev–Trinajstić information content (AvgIpc) is 2.77. The Balaban J connectivity index is 2.50. The van der Waals surface area contributed by atoms with E-state index in [1.54, 1.807) is 24.3 Å². The van der Waals surface area contributed by atoms with Gasteiger partial charge in [-0.05, 0) is 37.6 Å². The van der Waals surface area contributed by atoms with Crippen LogP contribution in [0.15, 0.2) is 24.3 Å². The maximum atomic E-state index is 13.3. The van der Waals surface area contributed by atoms with Gasteiger partial charge in [-0.1, -0.05) is 18.5 Å². The van der Waals surface area contributed by atoms with Crippen molar-refractivity contribution in [1.82, 2.24) is 9.55 Å². The average molecular weight is 333 g/mol. The molecule has 0 fully saturated rings. The molecule has 0 saturated heterocycles. The molecule has 1 aromatic carbocycles. The van der Waals surface area contributed by atoms with E-state index in [2.05, 4.69) is 4.98 Å². The van der Waals surface area contributed by atoms with Crippen molar-refractivity contribution in [2.24, 2.45) is 0 Å². The minimum Gasteiger partial charge on any atom is -0.361 e. The van der Waals surface area contributed by atoms with Gasteiger partial charge in [-0.3, -0.25) is 4.57 Å². The highest BCUT2D eigenvalue weighted by Gasteiger charge is 2.38. The first kappa shape index (κ1) is 16.8. The molecule has 0 aliphatic carbocycles. The SMILES string of the molecule is CCCOCn1c(-c2ccc(Cl)cc2)nc(C)c1C(F)(F)F. The van der Waals surface area contributed by atoms with Gasteiger partial charge in [0.25, 0.3) is 0 Å². The molecule has 1 aromatic heterocycles. The molecule has 2 aromatic rings. The molecule has 0 spiro atoms. The van der Waals surface area contributed by atoms with Crippen LogP contribution in [0.4, 0.5) is 13.2 Å². The summed E-state index contributed by atoms with van der Waals surface area (Å²) in [6.45, 7) is 3.43. The summed E-state index contributed by atoms with van der Waals surface area (Å²) >= 11 is 5.82. The van der Waals surface area contributed by atoms with Crippen molar-refractivity contribution in [1.29, 1.82) is 0 Å². The summed E-state index contributed by atoms with van der Waals surface area (Å²) in [6, 6.07) is 6.51. The van der Waals surface area contributed by atoms with Gasteiger partial charge < -0.3 is 4.74 Å². The highest BCUT2D eigenvalue weighted by atomic mass is 35.5. The van der Waals surface area contributed by atoms with Crippen molar-refractivity contribution in [2.75, 3.05) is 6.61 Å². The lowest BCUT2D eigenvalue weighted by Gasteiger charge is -2.14. The van der Waals surface area contributed by atoms with Gasteiger partial charge in [0.15, 0.2) is 0 Å². The molecule has 0 aliphatic rings. The summed E-state index contributed by atoms with van der Waals surface area (Å²) in [5, 5.41) is 0.511. The van der Waals surface area contributed by atoms with E-state index in [1.807, 2.05) is 6.92 Å². The third kappa shape index (κ3) is 3.62. The summed E-state index contributed by atoms with van der Waals surface area (Å²) in [5.74, 6) is 0.220. The summed E-state index contributed by atoms with van der Waals surface area (Å²) in [5.41, 5.74) is -0.297. The molecule has 0 atom stereocenters. The van der Waals surface area contributed by atoms with Crippen molar-refractivity contribution in [3.05, 3.63) is 40.7 Å². The number of benzene rings is 1. The lowest BCUT2D eigenvalue weighted by atomic mass is 10.2. The molecule has 2 rings (SSSR count). The molecule has 0 unspecified atom stereocenters. The van der Waals surface area contributed by atoms with Crippen LogP contribution in [0.5, 0.6) is 0 Å². The number of alkyl halides is 3. The molecule has 120 valence electrons. The van der Waals surface area contributed by atoms with Crippen LogP contribution in [0.2, 0.25) is 5.02 Å². The topological polar surface area (TPSA) is 27.1 Å². The molecule has 0 aliphatic heterocycles. The Kier molecular flexibility index (Phi) is 5.13. The van der Waals surface area contributed by atoms with E-state index in [9.17, 15) is 13.2 Å². The smallest absolute Gasteiger partial charge is 0.361 e. The molecule has 0 bridgehead atoms. The maximum Gasteiger partial charge on any atom is 0.433 e. The van der Waals surface area contributed by atoms with Crippen molar-refractivity contribution in [3.8, 4) is 11.4 Å². The van der Waals surface area contributed by atoms with E-state index in [1.165, 1.54) is 6.92 Å². The third-order valence-electron chi connectivity index (χ3n) is 3.08. The van der Waals surface area contributed by atoms with Gasteiger partial charge in [0, 0.05) is 17.2 Å². The summed E-state index contributed by atoms with van der Waals surface area (Å²) < 4.78 is 46.2. The van der Waals surface area contributed by atoms with Gasteiger partial charge in [-0.25, -0.2) is 4.98 Å². The first-order valence-electron chi connectivity index (χ1n) is 6.82. The standard InChI is InChI=1S/C15H16ClF3N2O/c1-3-8-22-9-21-13(15(17,18)19)10(2)20-14(21)11-4-6-12(16)7-5-11/h4-7H,3,8-9H2,1-2H3. The Bertz CT molecular complexity index is 635. The van der Waals surface area contributed by atoms with Crippen molar-refractivity contribution < 1.29 is 17.9 Å². The summed E-state index contributed by atoms with van der Waals surface area (Å²) in [6.07, 6.45) is -3.76. The number of hydrogen-bond donors (Lipinski definition) is 0. The molecule has 0 N–H and O–H groups in total. The number of rotatable bonds is 5. The van der Waals surface area contributed by atoms with Gasteiger partial charge in [0.1, 0.15) is 18.2 Å². The van der Waals surface area contributed by atoms with Gasteiger partial charge in [0.2, 0.25) is 0 Å². The zero-order valence-electron chi connectivity index (χ0n) is 12.2. The highest BCUT2D eigenvalue weighted by molar-refractivity contribution is 6.30. The van der Waals surface area contributed by atoms with Gasteiger partial charge in [-0.15, -0.1) is 0 Å². The molecule has 3 nitrogen and oxygen atoms in total. The zero-order valence-corrected chi connectivity index (χ0v) is 13.0. The monoisotopic (exact) mass is 332 g/mol. The van der Waals surface area contributed by atoms with E-state index < -0.39 is 11.9 Å². The van der Waals surface area contributed by atoms with Crippen LogP contribution in [0.1, 0.15) is 24.7 Å². The molecule has 0 saturated carbocycles. The molecule has 0 amide bonds. The van der Waals surface area contributed by atoms with Crippen LogP contribution in [0, 0.1) is 6.92 Å². The van der Waals surface area contributed by atoms with Crippen LogP contribution < -0.4 is 0 Å². The van der Waals surface area contributed by atoms with Gasteiger partial charge >= 0.3 is 6.18 Å². The number of imidazole rings is 1. The van der Waals surface area contributed by atoms with E-state index >= 15 is 0 Å². The van der Waals surface area contributed by atoms with Crippen molar-refractivity contribution >= 4 is 11.6 Å². The number of ether oxygens (including phenoxy) is 1. The normalized spacial score (nSPS) is 11.9. The molecular formula is C15H16ClF3N2O. The van der Waals surface area contributed by atoms with Crippen LogP contribution in [-0.2, 0) is 17.6 Å².